The van der Waals surface area contributed by atoms with Gasteiger partial charge < -0.3 is 4.90 Å². The molecule has 1 aliphatic rings. The summed E-state index contributed by atoms with van der Waals surface area (Å²) in [5.41, 5.74) is 0.482. The Morgan fingerprint density at radius 2 is 2.07 bits per heavy atom. The average Bonchev–Trinajstić information content (AvgIpc) is 2.13. The molecule has 1 heterocycles. The van der Waals surface area contributed by atoms with Crippen molar-refractivity contribution in [3.05, 3.63) is 17.5 Å². The van der Waals surface area contributed by atoms with Gasteiger partial charge in [0.1, 0.15) is 17.3 Å². The zero-order valence-electron chi connectivity index (χ0n) is 9.37. The highest BCUT2D eigenvalue weighted by molar-refractivity contribution is 6.29. The minimum absolute atomic E-state index is 0.482. The molecule has 0 amide bonds. The number of halogens is 1. The van der Waals surface area contributed by atoms with Gasteiger partial charge in [-0.15, -0.1) is 0 Å². The maximum absolute atomic E-state index is 5.83. The van der Waals surface area contributed by atoms with Crippen LogP contribution in [0.15, 0.2) is 12.4 Å². The Bertz CT molecular complexity index is 357. The standard InChI is InChI=1S/C11H16ClN3/c1-11(2)5-8(6-11)15(3)10-4-9(12)13-7-14-10/h4,7-8H,5-6H2,1-3H3. The number of rotatable bonds is 2. The van der Waals surface area contributed by atoms with Gasteiger partial charge in [0.25, 0.3) is 0 Å². The van der Waals surface area contributed by atoms with Crippen molar-refractivity contribution in [3.8, 4) is 0 Å². The molecule has 1 aliphatic carbocycles. The molecule has 0 atom stereocenters. The molecule has 0 spiro atoms. The molecule has 1 aromatic heterocycles. The fraction of sp³-hybridized carbons (Fsp3) is 0.636. The molecule has 1 aromatic rings. The second-order valence-electron chi connectivity index (χ2n) is 5.04. The Kier molecular flexibility index (Phi) is 2.59. The van der Waals surface area contributed by atoms with Crippen LogP contribution in [0.4, 0.5) is 5.82 Å². The molecule has 0 radical (unpaired) electrons. The molecule has 1 saturated carbocycles. The normalized spacial score (nSPS) is 19.7. The summed E-state index contributed by atoms with van der Waals surface area (Å²) in [5.74, 6) is 0.913. The maximum atomic E-state index is 5.83. The Hall–Kier alpha value is -0.830. The molecule has 1 fully saturated rings. The lowest BCUT2D eigenvalue weighted by atomic mass is 9.68. The summed E-state index contributed by atoms with van der Waals surface area (Å²) < 4.78 is 0. The molecule has 0 unspecified atom stereocenters. The molecule has 0 N–H and O–H groups in total. The van der Waals surface area contributed by atoms with Gasteiger partial charge in [-0.3, -0.25) is 0 Å². The van der Waals surface area contributed by atoms with E-state index in [4.69, 9.17) is 11.6 Å². The predicted molar refractivity (Wildman–Crippen MR) is 62.2 cm³/mol. The summed E-state index contributed by atoms with van der Waals surface area (Å²) in [6.45, 7) is 4.59. The second-order valence-corrected chi connectivity index (χ2v) is 5.42. The fourth-order valence-electron chi connectivity index (χ4n) is 2.19. The van der Waals surface area contributed by atoms with Crippen molar-refractivity contribution >= 4 is 17.4 Å². The van der Waals surface area contributed by atoms with Gasteiger partial charge in [-0.2, -0.15) is 0 Å². The molecule has 3 nitrogen and oxygen atoms in total. The Labute approximate surface area is 95.5 Å². The first-order valence-electron chi connectivity index (χ1n) is 5.18. The molecule has 15 heavy (non-hydrogen) atoms. The Morgan fingerprint density at radius 3 is 2.60 bits per heavy atom. The quantitative estimate of drug-likeness (QED) is 0.725. The number of hydrogen-bond acceptors (Lipinski definition) is 3. The van der Waals surface area contributed by atoms with Crippen molar-refractivity contribution in [2.24, 2.45) is 5.41 Å². The lowest BCUT2D eigenvalue weighted by Gasteiger charge is -2.47. The van der Waals surface area contributed by atoms with Crippen LogP contribution < -0.4 is 4.90 Å². The number of aromatic nitrogens is 2. The molecule has 0 aliphatic heterocycles. The Morgan fingerprint density at radius 1 is 1.40 bits per heavy atom. The van der Waals surface area contributed by atoms with E-state index in [9.17, 15) is 0 Å². The molecule has 0 aromatic carbocycles. The van der Waals surface area contributed by atoms with E-state index in [-0.39, 0.29) is 0 Å². The van der Waals surface area contributed by atoms with Gasteiger partial charge in [-0.05, 0) is 18.3 Å². The van der Waals surface area contributed by atoms with E-state index in [1.54, 1.807) is 0 Å². The third kappa shape index (κ3) is 2.23. The van der Waals surface area contributed by atoms with Crippen molar-refractivity contribution in [3.63, 3.8) is 0 Å². The molecular weight excluding hydrogens is 210 g/mol. The smallest absolute Gasteiger partial charge is 0.134 e. The third-order valence-electron chi connectivity index (χ3n) is 3.10. The van der Waals surface area contributed by atoms with Crippen LogP contribution in [0.25, 0.3) is 0 Å². The van der Waals surface area contributed by atoms with E-state index in [1.165, 1.54) is 19.2 Å². The molecule has 0 bridgehead atoms. The third-order valence-corrected chi connectivity index (χ3v) is 3.31. The summed E-state index contributed by atoms with van der Waals surface area (Å²) in [6.07, 6.45) is 3.94. The highest BCUT2D eigenvalue weighted by Crippen LogP contribution is 2.43. The summed E-state index contributed by atoms with van der Waals surface area (Å²) in [6, 6.07) is 2.40. The SMILES string of the molecule is CN(c1cc(Cl)ncn1)C1CC(C)(C)C1. The summed E-state index contributed by atoms with van der Waals surface area (Å²) in [7, 11) is 2.07. The van der Waals surface area contributed by atoms with Gasteiger partial charge in [-0.1, -0.05) is 25.4 Å². The van der Waals surface area contributed by atoms with Gasteiger partial charge in [0, 0.05) is 19.2 Å². The highest BCUT2D eigenvalue weighted by atomic mass is 35.5. The summed E-state index contributed by atoms with van der Waals surface area (Å²) in [4.78, 5) is 10.3. The van der Waals surface area contributed by atoms with Crippen LogP contribution in [0.3, 0.4) is 0 Å². The second kappa shape index (κ2) is 3.63. The molecular formula is C11H16ClN3. The number of anilines is 1. The van der Waals surface area contributed by atoms with Crippen LogP contribution in [0.5, 0.6) is 0 Å². The van der Waals surface area contributed by atoms with Gasteiger partial charge in [0.05, 0.1) is 0 Å². The van der Waals surface area contributed by atoms with Crippen LogP contribution in [-0.2, 0) is 0 Å². The van der Waals surface area contributed by atoms with Crippen LogP contribution in [0.2, 0.25) is 5.15 Å². The topological polar surface area (TPSA) is 29.0 Å². The zero-order valence-corrected chi connectivity index (χ0v) is 10.1. The van der Waals surface area contributed by atoms with Crippen LogP contribution >= 0.6 is 11.6 Å². The van der Waals surface area contributed by atoms with Gasteiger partial charge in [0.2, 0.25) is 0 Å². The Balaban J connectivity index is 2.06. The average molecular weight is 226 g/mol. The van der Waals surface area contributed by atoms with Gasteiger partial charge >= 0.3 is 0 Å². The maximum Gasteiger partial charge on any atom is 0.134 e. The van der Waals surface area contributed by atoms with Gasteiger partial charge in [-0.25, -0.2) is 9.97 Å². The largest absolute Gasteiger partial charge is 0.357 e. The van der Waals surface area contributed by atoms with E-state index < -0.39 is 0 Å². The van der Waals surface area contributed by atoms with E-state index in [2.05, 4.69) is 35.8 Å². The molecule has 4 heteroatoms. The zero-order chi connectivity index (χ0) is 11.1. The number of nitrogens with zero attached hydrogens (tertiary/aromatic N) is 3. The lowest BCUT2D eigenvalue weighted by molar-refractivity contribution is 0.150. The van der Waals surface area contributed by atoms with Crippen LogP contribution in [0, 0.1) is 5.41 Å². The monoisotopic (exact) mass is 225 g/mol. The van der Waals surface area contributed by atoms with Crippen molar-refractivity contribution in [2.75, 3.05) is 11.9 Å². The first-order valence-corrected chi connectivity index (χ1v) is 5.56. The molecule has 82 valence electrons. The fourth-order valence-corrected chi connectivity index (χ4v) is 2.34. The van der Waals surface area contributed by atoms with E-state index in [0.717, 1.165) is 5.82 Å². The van der Waals surface area contributed by atoms with Crippen LogP contribution in [-0.4, -0.2) is 23.1 Å². The first kappa shape index (κ1) is 10.7. The van der Waals surface area contributed by atoms with E-state index >= 15 is 0 Å². The lowest BCUT2D eigenvalue weighted by Crippen LogP contribution is -2.47. The highest BCUT2D eigenvalue weighted by Gasteiger charge is 2.38. The van der Waals surface area contributed by atoms with Crippen LogP contribution in [0.1, 0.15) is 26.7 Å². The number of hydrogen-bond donors (Lipinski definition) is 0. The van der Waals surface area contributed by atoms with Gasteiger partial charge in [0.15, 0.2) is 0 Å². The van der Waals surface area contributed by atoms with Crippen molar-refractivity contribution < 1.29 is 0 Å². The van der Waals surface area contributed by atoms with E-state index in [0.29, 0.717) is 16.6 Å². The first-order chi connectivity index (χ1) is 6.98. The van der Waals surface area contributed by atoms with Crippen molar-refractivity contribution in [2.45, 2.75) is 32.7 Å². The summed E-state index contributed by atoms with van der Waals surface area (Å²) >= 11 is 5.83. The van der Waals surface area contributed by atoms with Crippen molar-refractivity contribution in [1.29, 1.82) is 0 Å². The predicted octanol–water partition coefficient (Wildman–Crippen LogP) is 2.75. The minimum atomic E-state index is 0.482. The molecule has 0 saturated heterocycles. The molecule has 2 rings (SSSR count). The summed E-state index contributed by atoms with van der Waals surface area (Å²) in [5, 5.41) is 0.505. The van der Waals surface area contributed by atoms with Crippen molar-refractivity contribution in [1.82, 2.24) is 9.97 Å². The van der Waals surface area contributed by atoms with E-state index in [1.807, 2.05) is 6.07 Å². The minimum Gasteiger partial charge on any atom is -0.357 e.